The van der Waals surface area contributed by atoms with Gasteiger partial charge in [0.15, 0.2) is 0 Å². The van der Waals surface area contributed by atoms with Crippen molar-refractivity contribution in [3.05, 3.63) is 60.4 Å². The van der Waals surface area contributed by atoms with E-state index < -0.39 is 18.7 Å². The van der Waals surface area contributed by atoms with Crippen molar-refractivity contribution in [2.45, 2.75) is 6.18 Å². The van der Waals surface area contributed by atoms with E-state index in [2.05, 4.69) is 14.8 Å². The monoisotopic (exact) mass is 409 g/mol. The van der Waals surface area contributed by atoms with Gasteiger partial charge in [-0.05, 0) is 36.4 Å². The highest BCUT2D eigenvalue weighted by molar-refractivity contribution is 5.79. The fourth-order valence-corrected chi connectivity index (χ4v) is 2.35. The van der Waals surface area contributed by atoms with Crippen molar-refractivity contribution in [2.24, 2.45) is 0 Å². The van der Waals surface area contributed by atoms with Crippen molar-refractivity contribution in [2.75, 3.05) is 13.2 Å². The Balaban J connectivity index is 1.53. The zero-order chi connectivity index (χ0) is 20.9. The number of halogens is 4. The molecule has 0 bridgehead atoms. The van der Waals surface area contributed by atoms with Crippen LogP contribution < -0.4 is 10.2 Å². The van der Waals surface area contributed by atoms with Crippen LogP contribution in [-0.4, -0.2) is 35.3 Å². The number of nitrogens with one attached hydrogen (secondary N) is 2. The largest absolute Gasteiger partial charge is 0.492 e. The number of aromatic nitrogens is 2. The van der Waals surface area contributed by atoms with E-state index >= 15 is 0 Å². The molecule has 0 saturated heterocycles. The van der Waals surface area contributed by atoms with Crippen molar-refractivity contribution in [1.29, 1.82) is 0 Å². The first-order chi connectivity index (χ1) is 13.9. The summed E-state index contributed by atoms with van der Waals surface area (Å²) in [5.74, 6) is -1.33. The van der Waals surface area contributed by atoms with Gasteiger partial charge in [0.25, 0.3) is 0 Å². The average molecular weight is 409 g/mol. The smallest absolute Gasteiger partial charge is 0.489 e. The normalized spacial score (nSPS) is 12.2. The van der Waals surface area contributed by atoms with E-state index in [0.717, 1.165) is 16.6 Å². The van der Waals surface area contributed by atoms with E-state index in [9.17, 15) is 22.4 Å². The maximum atomic E-state index is 12.8. The third kappa shape index (κ3) is 5.32. The van der Waals surface area contributed by atoms with Crippen LogP contribution in [-0.2, 0) is 9.63 Å². The molecule has 1 aromatic heterocycles. The quantitative estimate of drug-likeness (QED) is 0.455. The summed E-state index contributed by atoms with van der Waals surface area (Å²) in [5, 5.41) is 0. The molecule has 10 heteroatoms. The maximum absolute atomic E-state index is 12.8. The highest BCUT2D eigenvalue weighted by Gasteiger charge is 2.41. The number of hydroxylamine groups is 1. The summed E-state index contributed by atoms with van der Waals surface area (Å²) in [5.41, 5.74) is 4.25. The number of ether oxygens (including phenoxy) is 1. The molecule has 0 aliphatic rings. The van der Waals surface area contributed by atoms with E-state index in [-0.39, 0.29) is 18.5 Å². The second-order valence-corrected chi connectivity index (χ2v) is 5.89. The van der Waals surface area contributed by atoms with Gasteiger partial charge in [0.1, 0.15) is 18.2 Å². The number of rotatable bonds is 7. The lowest BCUT2D eigenvalue weighted by Gasteiger charge is -2.11. The van der Waals surface area contributed by atoms with E-state index in [1.165, 1.54) is 0 Å². The van der Waals surface area contributed by atoms with Gasteiger partial charge >= 0.3 is 12.1 Å². The fourth-order valence-electron chi connectivity index (χ4n) is 2.35. The Morgan fingerprint density at radius 3 is 2.52 bits per heavy atom. The van der Waals surface area contributed by atoms with Crippen LogP contribution in [0.25, 0.3) is 22.4 Å². The first-order valence-corrected chi connectivity index (χ1v) is 8.34. The number of carbonyl (C=O) groups excluding carboxylic acids is 1. The number of nitrogens with zero attached hydrogens (tertiary/aromatic N) is 1. The predicted molar refractivity (Wildman–Crippen MR) is 96.4 cm³/mol. The standard InChI is InChI=1S/C19H15F4N3O3/c20-9-12(10-24-29-18(27)19(21,22)23)11-28-14-7-5-13(6-8-14)17-25-15-3-1-2-4-16(15)26-17/h1-9,24H,10-11H2,(H,25,26). The second-order valence-electron chi connectivity index (χ2n) is 5.89. The SMILES string of the molecule is O=C(ONCC(=CF)COc1ccc(-c2nc3ccccc3[nH]2)cc1)C(F)(F)F. The Bertz CT molecular complexity index is 980. The van der Waals surface area contributed by atoms with Crippen molar-refractivity contribution in [1.82, 2.24) is 15.4 Å². The average Bonchev–Trinajstić information content (AvgIpc) is 3.14. The van der Waals surface area contributed by atoms with Gasteiger partial charge in [-0.25, -0.2) is 14.2 Å². The van der Waals surface area contributed by atoms with Gasteiger partial charge in [-0.15, -0.1) is 5.48 Å². The van der Waals surface area contributed by atoms with Crippen LogP contribution in [0, 0.1) is 0 Å². The molecule has 0 amide bonds. The summed E-state index contributed by atoms with van der Waals surface area (Å²) in [4.78, 5) is 22.0. The third-order valence-electron chi connectivity index (χ3n) is 3.79. The van der Waals surface area contributed by atoms with E-state index in [1.54, 1.807) is 29.7 Å². The van der Waals surface area contributed by atoms with Crippen LogP contribution in [0.1, 0.15) is 0 Å². The molecule has 3 rings (SSSR count). The lowest BCUT2D eigenvalue weighted by molar-refractivity contribution is -0.206. The predicted octanol–water partition coefficient (Wildman–Crippen LogP) is 4.07. The molecule has 2 N–H and O–H groups in total. The van der Waals surface area contributed by atoms with Crippen molar-refractivity contribution < 1.29 is 31.9 Å². The number of alkyl halides is 3. The Hall–Kier alpha value is -3.40. The summed E-state index contributed by atoms with van der Waals surface area (Å²) in [6.07, 6.45) is -4.97. The molecule has 29 heavy (non-hydrogen) atoms. The van der Waals surface area contributed by atoms with E-state index in [0.29, 0.717) is 11.6 Å². The number of fused-ring (bicyclic) bond motifs is 1. The third-order valence-corrected chi connectivity index (χ3v) is 3.79. The van der Waals surface area contributed by atoms with Gasteiger partial charge in [-0.1, -0.05) is 12.1 Å². The van der Waals surface area contributed by atoms with Crippen LogP contribution >= 0.6 is 0 Å². The molecule has 152 valence electrons. The Kier molecular flexibility index (Phi) is 6.13. The molecule has 0 radical (unpaired) electrons. The lowest BCUT2D eigenvalue weighted by Crippen LogP contribution is -2.32. The number of aromatic amines is 1. The first-order valence-electron chi connectivity index (χ1n) is 8.34. The summed E-state index contributed by atoms with van der Waals surface area (Å²) in [6.45, 7) is -0.716. The van der Waals surface area contributed by atoms with Gasteiger partial charge in [0, 0.05) is 11.1 Å². The number of H-pyrrole nitrogens is 1. The molecular formula is C19H15F4N3O3. The highest BCUT2D eigenvalue weighted by Crippen LogP contribution is 2.23. The molecule has 0 fully saturated rings. The molecule has 3 aromatic rings. The molecule has 2 aromatic carbocycles. The molecule has 1 heterocycles. The van der Waals surface area contributed by atoms with Crippen LogP contribution in [0.5, 0.6) is 5.75 Å². The molecule has 0 spiro atoms. The van der Waals surface area contributed by atoms with Crippen LogP contribution in [0.15, 0.2) is 60.4 Å². The number of para-hydroxylation sites is 2. The lowest BCUT2D eigenvalue weighted by atomic mass is 10.2. The number of imidazole rings is 1. The molecule has 0 aliphatic heterocycles. The molecule has 0 aliphatic carbocycles. The van der Waals surface area contributed by atoms with Gasteiger partial charge in [-0.2, -0.15) is 13.2 Å². The number of carbonyl (C=O) groups is 1. The molecule has 0 unspecified atom stereocenters. The second kappa shape index (κ2) is 8.74. The summed E-state index contributed by atoms with van der Waals surface area (Å²) >= 11 is 0. The van der Waals surface area contributed by atoms with Crippen molar-refractivity contribution in [3.63, 3.8) is 0 Å². The first kappa shape index (κ1) is 20.3. The minimum Gasteiger partial charge on any atom is -0.489 e. The number of hydrogen-bond acceptors (Lipinski definition) is 5. The fraction of sp³-hybridized carbons (Fsp3) is 0.158. The van der Waals surface area contributed by atoms with E-state index in [1.807, 2.05) is 24.3 Å². The summed E-state index contributed by atoms with van der Waals surface area (Å²) in [7, 11) is 0. The Morgan fingerprint density at radius 2 is 1.86 bits per heavy atom. The van der Waals surface area contributed by atoms with Crippen LogP contribution in [0.3, 0.4) is 0 Å². The highest BCUT2D eigenvalue weighted by atomic mass is 19.4. The zero-order valence-electron chi connectivity index (χ0n) is 14.8. The van der Waals surface area contributed by atoms with E-state index in [4.69, 9.17) is 4.74 Å². The molecule has 0 saturated carbocycles. The summed E-state index contributed by atoms with van der Waals surface area (Å²) in [6, 6.07) is 14.4. The number of hydrogen-bond donors (Lipinski definition) is 2. The van der Waals surface area contributed by atoms with Gasteiger partial charge in [0.05, 0.1) is 23.9 Å². The molecule has 0 atom stereocenters. The maximum Gasteiger partial charge on any atom is 0.492 e. The van der Waals surface area contributed by atoms with Crippen LogP contribution in [0.2, 0.25) is 0 Å². The van der Waals surface area contributed by atoms with Crippen LogP contribution in [0.4, 0.5) is 17.6 Å². The Morgan fingerprint density at radius 1 is 1.14 bits per heavy atom. The van der Waals surface area contributed by atoms with Gasteiger partial charge in [-0.3, -0.25) is 0 Å². The molecular weight excluding hydrogens is 394 g/mol. The van der Waals surface area contributed by atoms with Crippen molar-refractivity contribution >= 4 is 17.0 Å². The minimum atomic E-state index is -5.13. The summed E-state index contributed by atoms with van der Waals surface area (Å²) < 4.78 is 54.3. The Labute approximate surface area is 162 Å². The van der Waals surface area contributed by atoms with Crippen molar-refractivity contribution in [3.8, 4) is 17.1 Å². The zero-order valence-corrected chi connectivity index (χ0v) is 14.8. The minimum absolute atomic E-state index is 0.0543. The topological polar surface area (TPSA) is 76.2 Å². The van der Waals surface area contributed by atoms with Gasteiger partial charge in [0.2, 0.25) is 0 Å². The molecule has 6 nitrogen and oxygen atoms in total. The van der Waals surface area contributed by atoms with Gasteiger partial charge < -0.3 is 14.6 Å². The number of benzene rings is 2.